The Balaban J connectivity index is 0.839. The van der Waals surface area contributed by atoms with Gasteiger partial charge in [0.05, 0.1) is 28.4 Å². The number of rotatable bonds is 17. The Hall–Kier alpha value is -5.48. The molecular weight excluding hydrogens is 962 g/mol. The van der Waals surface area contributed by atoms with Gasteiger partial charge in [-0.2, -0.15) is 0 Å². The Morgan fingerprint density at radius 3 is 2.08 bits per heavy atom. The number of aliphatic hydroxyl groups is 2. The lowest BCUT2D eigenvalue weighted by molar-refractivity contribution is 0.0817. The van der Waals surface area contributed by atoms with E-state index in [-0.39, 0.29) is 35.1 Å². The van der Waals surface area contributed by atoms with Gasteiger partial charge in [-0.05, 0) is 154 Å². The maximum Gasteiger partial charge on any atom is 0.261 e. The molecule has 1 atom stereocenters. The normalized spacial score (nSPS) is 18.5. The number of hydrogen-bond donors (Lipinski definition) is 5. The van der Waals surface area contributed by atoms with Gasteiger partial charge in [0.25, 0.3) is 15.9 Å². The van der Waals surface area contributed by atoms with Crippen molar-refractivity contribution in [1.82, 2.24) is 14.8 Å². The van der Waals surface area contributed by atoms with Crippen LogP contribution >= 0.6 is 23.4 Å². The molecule has 0 radical (unpaired) electrons. The van der Waals surface area contributed by atoms with Crippen molar-refractivity contribution in [1.29, 1.82) is 0 Å². The molecule has 12 nitrogen and oxygen atoms in total. The zero-order valence-corrected chi connectivity index (χ0v) is 44.0. The van der Waals surface area contributed by atoms with E-state index in [1.54, 1.807) is 12.1 Å². The van der Waals surface area contributed by atoms with E-state index in [1.165, 1.54) is 4.90 Å². The Bertz CT molecular complexity index is 2890. The van der Waals surface area contributed by atoms with Gasteiger partial charge in [-0.1, -0.05) is 54.1 Å². The van der Waals surface area contributed by atoms with Crippen LogP contribution in [0.15, 0.2) is 131 Å². The molecule has 0 bridgehead atoms. The van der Waals surface area contributed by atoms with E-state index in [1.807, 2.05) is 93.3 Å². The highest BCUT2D eigenvalue weighted by Gasteiger charge is 2.30. The molecule has 3 fully saturated rings. The van der Waals surface area contributed by atoms with Crippen molar-refractivity contribution < 1.29 is 23.4 Å². The molecule has 1 amide bonds. The first kappa shape index (κ1) is 51.4. The van der Waals surface area contributed by atoms with Gasteiger partial charge in [0, 0.05) is 115 Å². The van der Waals surface area contributed by atoms with Crippen LogP contribution in [0, 0.1) is 13.8 Å². The molecule has 3 aliphatic rings. The number of aliphatic hydroxyl groups excluding tert-OH is 2. The van der Waals surface area contributed by atoms with Gasteiger partial charge in [0.1, 0.15) is 0 Å². The highest BCUT2D eigenvalue weighted by molar-refractivity contribution is 7.99. The van der Waals surface area contributed by atoms with E-state index in [4.69, 9.17) is 11.6 Å². The van der Waals surface area contributed by atoms with Crippen molar-refractivity contribution in [3.8, 4) is 22.4 Å². The molecule has 3 heterocycles. The fourth-order valence-electron chi connectivity index (χ4n) is 10.4. The van der Waals surface area contributed by atoms with Gasteiger partial charge in [-0.25, -0.2) is 8.42 Å². The Morgan fingerprint density at radius 1 is 0.736 bits per heavy atom. The molecule has 15 heteroatoms. The molecule has 380 valence electrons. The first-order valence-electron chi connectivity index (χ1n) is 25.4. The minimum Gasteiger partial charge on any atom is -0.393 e. The standard InChI is InChI=1S/C57H68ClN7O5S2/c1-39-36-52(24-25-53(39)59-46(38-71-51-10-5-4-6-11-51)26-29-63-30-27-50(67)28-31-63)72(69,70)61-45-16-20-47(21-17-45)64-32-34-65(35-33-64)48-9-7-8-42(37-48)55-54(57(68)60-44-18-22-49(66)23-19-44)40(2)62(3)56(55)41-12-14-43(58)15-13-41/h4-17,20-21,24-25,36-37,44,46,49-50,59,61,66-67H,18-19,22-23,26-35,38H2,1-3H3,(H,60,68)/t44-,46-,49+/m1/s1. The molecule has 0 spiro atoms. The second-order valence-corrected chi connectivity index (χ2v) is 22.9. The first-order valence-corrected chi connectivity index (χ1v) is 28.3. The smallest absolute Gasteiger partial charge is 0.261 e. The van der Waals surface area contributed by atoms with Gasteiger partial charge < -0.3 is 40.1 Å². The molecule has 6 aromatic rings. The molecule has 0 unspecified atom stereocenters. The zero-order valence-electron chi connectivity index (χ0n) is 41.6. The van der Waals surface area contributed by atoms with E-state index in [2.05, 4.69) is 83.2 Å². The van der Waals surface area contributed by atoms with E-state index < -0.39 is 10.0 Å². The molecule has 5 aromatic carbocycles. The number of thioether (sulfide) groups is 1. The van der Waals surface area contributed by atoms with Crippen LogP contribution in [0.2, 0.25) is 5.02 Å². The summed E-state index contributed by atoms with van der Waals surface area (Å²) in [5.41, 5.74) is 9.65. The molecule has 5 N–H and O–H groups in total. The fourth-order valence-corrected chi connectivity index (χ4v) is 12.7. The van der Waals surface area contributed by atoms with Crippen LogP contribution in [0.1, 0.15) is 66.6 Å². The molecule has 2 aliphatic heterocycles. The number of carbonyl (C=O) groups is 1. The van der Waals surface area contributed by atoms with Gasteiger partial charge in [0.15, 0.2) is 0 Å². The highest BCUT2D eigenvalue weighted by atomic mass is 35.5. The Labute approximate surface area is 434 Å². The van der Waals surface area contributed by atoms with Gasteiger partial charge in [-0.15, -0.1) is 11.8 Å². The fraction of sp³-hybridized carbons (Fsp3) is 0.386. The Morgan fingerprint density at radius 2 is 1.40 bits per heavy atom. The van der Waals surface area contributed by atoms with Crippen molar-refractivity contribution in [3.05, 3.63) is 143 Å². The number of piperidine rings is 1. The summed E-state index contributed by atoms with van der Waals surface area (Å²) < 4.78 is 32.5. The predicted octanol–water partition coefficient (Wildman–Crippen LogP) is 10.2. The summed E-state index contributed by atoms with van der Waals surface area (Å²) in [5, 5.41) is 27.8. The lowest BCUT2D eigenvalue weighted by Crippen LogP contribution is -2.46. The number of carbonyl (C=O) groups excluding carboxylic acids is 1. The van der Waals surface area contributed by atoms with Crippen LogP contribution in [-0.2, 0) is 17.1 Å². The van der Waals surface area contributed by atoms with Crippen molar-refractivity contribution in [3.63, 3.8) is 0 Å². The maximum absolute atomic E-state index is 14.3. The lowest BCUT2D eigenvalue weighted by Gasteiger charge is -2.37. The number of hydrogen-bond acceptors (Lipinski definition) is 10. The number of sulfonamides is 1. The third kappa shape index (κ3) is 12.5. The molecule has 72 heavy (non-hydrogen) atoms. The molecular formula is C57H68ClN7O5S2. The molecule has 1 aromatic heterocycles. The molecule has 2 saturated heterocycles. The summed E-state index contributed by atoms with van der Waals surface area (Å²) in [4.78, 5) is 22.8. The number of aromatic nitrogens is 1. The summed E-state index contributed by atoms with van der Waals surface area (Å²) in [7, 11) is -1.85. The summed E-state index contributed by atoms with van der Waals surface area (Å²) in [6.07, 6.45) is 4.91. The predicted molar refractivity (Wildman–Crippen MR) is 295 cm³/mol. The van der Waals surface area contributed by atoms with Crippen molar-refractivity contribution in [2.45, 2.75) is 92.9 Å². The molecule has 1 saturated carbocycles. The second kappa shape index (κ2) is 23.2. The van der Waals surface area contributed by atoms with Crippen LogP contribution in [0.4, 0.5) is 22.7 Å². The number of likely N-dealkylation sites (tertiary alicyclic amines) is 1. The van der Waals surface area contributed by atoms with Crippen molar-refractivity contribution in [2.24, 2.45) is 7.05 Å². The average molecular weight is 1030 g/mol. The number of nitrogens with zero attached hydrogens (tertiary/aromatic N) is 4. The van der Waals surface area contributed by atoms with Gasteiger partial charge in [0.2, 0.25) is 0 Å². The van der Waals surface area contributed by atoms with Crippen LogP contribution in [0.3, 0.4) is 0 Å². The van der Waals surface area contributed by atoms with E-state index in [9.17, 15) is 23.4 Å². The van der Waals surface area contributed by atoms with Crippen LogP contribution in [0.5, 0.6) is 0 Å². The Kier molecular flexibility index (Phi) is 16.5. The maximum atomic E-state index is 14.3. The summed E-state index contributed by atoms with van der Waals surface area (Å²) >= 11 is 8.15. The number of aryl methyl sites for hydroxylation is 1. The number of piperazine rings is 1. The quantitative estimate of drug-likeness (QED) is 0.0561. The number of amides is 1. The highest BCUT2D eigenvalue weighted by Crippen LogP contribution is 2.41. The summed E-state index contributed by atoms with van der Waals surface area (Å²) in [5.74, 6) is 0.761. The number of benzene rings is 5. The monoisotopic (exact) mass is 1030 g/mol. The first-order chi connectivity index (χ1) is 34.8. The zero-order chi connectivity index (χ0) is 50.4. The SMILES string of the molecule is Cc1cc(S(=O)(=O)Nc2ccc(N3CCN(c4cccc(-c5c(C(=O)N[C@H]6CC[C@@H](O)CC6)c(C)n(C)c5-c5ccc(Cl)cc5)c4)CC3)cc2)ccc1N[C@H](CCN1CCC(O)CC1)CSc1ccccc1. The van der Waals surface area contributed by atoms with Gasteiger partial charge in [-0.3, -0.25) is 9.52 Å². The van der Waals surface area contributed by atoms with E-state index >= 15 is 0 Å². The van der Waals surface area contributed by atoms with Crippen LogP contribution in [-0.4, -0.2) is 110 Å². The minimum absolute atomic E-state index is 0.0128. The number of anilines is 4. The van der Waals surface area contributed by atoms with Crippen molar-refractivity contribution in [2.75, 3.05) is 71.4 Å². The van der Waals surface area contributed by atoms with Gasteiger partial charge >= 0.3 is 0 Å². The lowest BCUT2D eigenvalue weighted by atomic mass is 9.92. The van der Waals surface area contributed by atoms with E-state index in [0.29, 0.717) is 29.1 Å². The third-order valence-electron chi connectivity index (χ3n) is 14.7. The molecule has 9 rings (SSSR count). The summed E-state index contributed by atoms with van der Waals surface area (Å²) in [6.45, 7) is 9.78. The topological polar surface area (TPSA) is 142 Å². The largest absolute Gasteiger partial charge is 0.393 e. The second-order valence-electron chi connectivity index (χ2n) is 19.7. The average Bonchev–Trinajstić information content (AvgIpc) is 3.66. The van der Waals surface area contributed by atoms with Crippen LogP contribution < -0.4 is 25.2 Å². The third-order valence-corrected chi connectivity index (χ3v) is 17.5. The molecule has 1 aliphatic carbocycles. The van der Waals surface area contributed by atoms with Crippen molar-refractivity contribution >= 4 is 62.0 Å². The number of nitrogens with one attached hydrogen (secondary N) is 3. The number of halogens is 1. The van der Waals surface area contributed by atoms with E-state index in [0.717, 1.165) is 134 Å². The van der Waals surface area contributed by atoms with Crippen LogP contribution in [0.25, 0.3) is 22.4 Å². The minimum atomic E-state index is -3.86. The summed E-state index contributed by atoms with van der Waals surface area (Å²) in [6, 6.07) is 39.7.